The minimum absolute atomic E-state index is 0.0287. The topological polar surface area (TPSA) is 114 Å². The van der Waals surface area contributed by atoms with E-state index in [1.165, 1.54) is 38.5 Å². The van der Waals surface area contributed by atoms with E-state index in [1.54, 1.807) is 48.8 Å². The summed E-state index contributed by atoms with van der Waals surface area (Å²) in [4.78, 5) is 35.6. The summed E-state index contributed by atoms with van der Waals surface area (Å²) in [5.41, 5.74) is 2.51. The SMILES string of the molecule is COc1cc2nccc(Oc3ccc(NC(=O)c4cn5c(c(-c6ccc(F)cc6)c4=O)COCC5)cc3)c2nc1OC. The van der Waals surface area contributed by atoms with E-state index in [1.807, 2.05) is 4.57 Å². The minimum Gasteiger partial charge on any atom is -0.491 e. The van der Waals surface area contributed by atoms with Crippen molar-refractivity contribution in [3.8, 4) is 34.3 Å². The van der Waals surface area contributed by atoms with Crippen molar-refractivity contribution in [3.63, 3.8) is 0 Å². The fraction of sp³-hybridized carbons (Fsp3) is 0.161. The first-order chi connectivity index (χ1) is 20.4. The first kappa shape index (κ1) is 26.9. The van der Waals surface area contributed by atoms with E-state index < -0.39 is 17.2 Å². The molecule has 0 atom stereocenters. The number of ether oxygens (including phenoxy) is 4. The maximum atomic E-state index is 13.6. The Bertz CT molecular complexity index is 1860. The third-order valence-corrected chi connectivity index (χ3v) is 6.85. The van der Waals surface area contributed by atoms with E-state index in [0.29, 0.717) is 69.8 Å². The molecular formula is C31H25FN4O6. The number of nitrogens with one attached hydrogen (secondary N) is 1. The van der Waals surface area contributed by atoms with Crippen LogP contribution in [0.4, 0.5) is 10.1 Å². The number of nitrogens with zero attached hydrogens (tertiary/aromatic N) is 3. The fourth-order valence-corrected chi connectivity index (χ4v) is 4.78. The molecule has 0 saturated heterocycles. The molecule has 10 nitrogen and oxygen atoms in total. The predicted octanol–water partition coefficient (Wildman–Crippen LogP) is 5.19. The molecule has 1 aliphatic rings. The van der Waals surface area contributed by atoms with Gasteiger partial charge in [-0.25, -0.2) is 9.37 Å². The highest BCUT2D eigenvalue weighted by Crippen LogP contribution is 2.34. The Morgan fingerprint density at radius 3 is 2.55 bits per heavy atom. The average Bonchev–Trinajstić information content (AvgIpc) is 3.01. The van der Waals surface area contributed by atoms with Crippen molar-refractivity contribution in [2.75, 3.05) is 26.1 Å². The van der Waals surface area contributed by atoms with Gasteiger partial charge in [-0.1, -0.05) is 12.1 Å². The van der Waals surface area contributed by atoms with Gasteiger partial charge in [0.2, 0.25) is 5.43 Å². The molecule has 212 valence electrons. The van der Waals surface area contributed by atoms with Crippen molar-refractivity contribution < 1.29 is 28.1 Å². The van der Waals surface area contributed by atoms with Gasteiger partial charge in [0.05, 0.1) is 44.2 Å². The molecule has 0 bridgehead atoms. The molecule has 6 rings (SSSR count). The third kappa shape index (κ3) is 5.13. The Kier molecular flexibility index (Phi) is 7.24. The maximum absolute atomic E-state index is 13.6. The summed E-state index contributed by atoms with van der Waals surface area (Å²) in [6, 6.07) is 15.7. The smallest absolute Gasteiger partial charge is 0.261 e. The monoisotopic (exact) mass is 568 g/mol. The lowest BCUT2D eigenvalue weighted by Crippen LogP contribution is -2.30. The van der Waals surface area contributed by atoms with Crippen molar-refractivity contribution in [1.29, 1.82) is 0 Å². The Labute approximate surface area is 239 Å². The summed E-state index contributed by atoms with van der Waals surface area (Å²) in [6.45, 7) is 1.14. The summed E-state index contributed by atoms with van der Waals surface area (Å²) in [7, 11) is 3.02. The summed E-state index contributed by atoms with van der Waals surface area (Å²) in [5, 5.41) is 2.79. The molecule has 1 amide bonds. The zero-order valence-electron chi connectivity index (χ0n) is 22.7. The zero-order chi connectivity index (χ0) is 29.2. The van der Waals surface area contributed by atoms with Crippen LogP contribution in [0.5, 0.6) is 23.1 Å². The average molecular weight is 569 g/mol. The molecule has 4 heterocycles. The lowest BCUT2D eigenvalue weighted by atomic mass is 10.00. The third-order valence-electron chi connectivity index (χ3n) is 6.85. The van der Waals surface area contributed by atoms with Crippen LogP contribution in [-0.4, -0.2) is 41.3 Å². The van der Waals surface area contributed by atoms with Crippen LogP contribution >= 0.6 is 0 Å². The number of methoxy groups -OCH3 is 2. The van der Waals surface area contributed by atoms with Crippen molar-refractivity contribution in [2.24, 2.45) is 0 Å². The molecule has 1 N–H and O–H groups in total. The largest absolute Gasteiger partial charge is 0.491 e. The molecular weight excluding hydrogens is 543 g/mol. The van der Waals surface area contributed by atoms with E-state index in [9.17, 15) is 14.0 Å². The quantitative estimate of drug-likeness (QED) is 0.285. The van der Waals surface area contributed by atoms with Gasteiger partial charge in [-0.2, -0.15) is 0 Å². The Hall–Kier alpha value is -5.29. The lowest BCUT2D eigenvalue weighted by molar-refractivity contribution is 0.0837. The molecule has 3 aromatic heterocycles. The molecule has 0 saturated carbocycles. The predicted molar refractivity (Wildman–Crippen MR) is 153 cm³/mol. The summed E-state index contributed by atoms with van der Waals surface area (Å²) in [5.74, 6) is 0.713. The Morgan fingerprint density at radius 1 is 1.02 bits per heavy atom. The standard InChI is InChI=1S/C31H25FN4O6/c1-39-26-15-23-28(35-31(26)40-2)25(11-12-33-23)42-21-9-7-20(8-10-21)34-30(38)22-16-36-13-14-41-17-24(36)27(29(22)37)18-3-5-19(32)6-4-18/h3-12,15-16H,13-14,17H2,1-2H3,(H,34,38). The van der Waals surface area contributed by atoms with Gasteiger partial charge in [-0.3, -0.25) is 14.6 Å². The number of benzene rings is 2. The second-order valence-corrected chi connectivity index (χ2v) is 9.40. The second kappa shape index (κ2) is 11.3. The van der Waals surface area contributed by atoms with Crippen LogP contribution in [0.3, 0.4) is 0 Å². The van der Waals surface area contributed by atoms with Crippen LogP contribution in [-0.2, 0) is 17.9 Å². The van der Waals surface area contributed by atoms with Gasteiger partial charge in [-0.05, 0) is 42.0 Å². The highest BCUT2D eigenvalue weighted by molar-refractivity contribution is 6.04. The van der Waals surface area contributed by atoms with Crippen LogP contribution in [0.1, 0.15) is 16.1 Å². The van der Waals surface area contributed by atoms with Crippen LogP contribution < -0.4 is 25.0 Å². The number of amides is 1. The summed E-state index contributed by atoms with van der Waals surface area (Å²) in [6.07, 6.45) is 3.15. The Balaban J connectivity index is 1.26. The molecule has 5 aromatic rings. The highest BCUT2D eigenvalue weighted by atomic mass is 19.1. The maximum Gasteiger partial charge on any atom is 0.261 e. The van der Waals surface area contributed by atoms with Gasteiger partial charge in [0.15, 0.2) is 11.5 Å². The lowest BCUT2D eigenvalue weighted by Gasteiger charge is -2.23. The number of pyridine rings is 3. The van der Waals surface area contributed by atoms with Crippen molar-refractivity contribution >= 4 is 22.6 Å². The van der Waals surface area contributed by atoms with Crippen LogP contribution in [0.2, 0.25) is 0 Å². The van der Waals surface area contributed by atoms with Gasteiger partial charge in [-0.15, -0.1) is 0 Å². The number of carbonyl (C=O) groups excluding carboxylic acids is 1. The molecule has 0 radical (unpaired) electrons. The Morgan fingerprint density at radius 2 is 1.81 bits per heavy atom. The van der Waals surface area contributed by atoms with Crippen molar-refractivity contribution in [3.05, 3.63) is 100 Å². The number of aromatic nitrogens is 3. The number of rotatable bonds is 7. The number of anilines is 1. The van der Waals surface area contributed by atoms with E-state index in [0.717, 1.165) is 0 Å². The van der Waals surface area contributed by atoms with Crippen molar-refractivity contribution in [2.45, 2.75) is 13.2 Å². The number of halogens is 1. The van der Waals surface area contributed by atoms with Crippen molar-refractivity contribution in [1.82, 2.24) is 14.5 Å². The van der Waals surface area contributed by atoms with Gasteiger partial charge >= 0.3 is 0 Å². The molecule has 42 heavy (non-hydrogen) atoms. The van der Waals surface area contributed by atoms with E-state index in [-0.39, 0.29) is 12.2 Å². The second-order valence-electron chi connectivity index (χ2n) is 9.40. The molecule has 0 spiro atoms. The molecule has 0 unspecified atom stereocenters. The van der Waals surface area contributed by atoms with E-state index in [4.69, 9.17) is 18.9 Å². The summed E-state index contributed by atoms with van der Waals surface area (Å²) < 4.78 is 37.7. The number of hydrogen-bond donors (Lipinski definition) is 1. The first-order valence-electron chi connectivity index (χ1n) is 13.0. The van der Waals surface area contributed by atoms with Gasteiger partial charge in [0.25, 0.3) is 11.8 Å². The zero-order valence-corrected chi connectivity index (χ0v) is 22.7. The molecule has 0 fully saturated rings. The normalized spacial score (nSPS) is 12.5. The minimum atomic E-state index is -0.566. The van der Waals surface area contributed by atoms with Gasteiger partial charge in [0, 0.05) is 36.8 Å². The number of fused-ring (bicyclic) bond motifs is 2. The van der Waals surface area contributed by atoms with Gasteiger partial charge in [0.1, 0.15) is 22.6 Å². The summed E-state index contributed by atoms with van der Waals surface area (Å²) >= 11 is 0. The van der Waals surface area contributed by atoms with Crippen LogP contribution in [0.25, 0.3) is 22.2 Å². The van der Waals surface area contributed by atoms with E-state index in [2.05, 4.69) is 15.3 Å². The number of carbonyl (C=O) groups is 1. The van der Waals surface area contributed by atoms with Gasteiger partial charge < -0.3 is 28.8 Å². The molecule has 2 aromatic carbocycles. The molecule has 0 aliphatic carbocycles. The molecule has 11 heteroatoms. The van der Waals surface area contributed by atoms with Crippen LogP contribution in [0.15, 0.2) is 77.9 Å². The number of hydrogen-bond acceptors (Lipinski definition) is 8. The fourth-order valence-electron chi connectivity index (χ4n) is 4.78. The van der Waals surface area contributed by atoms with Crippen LogP contribution in [0, 0.1) is 5.82 Å². The first-order valence-corrected chi connectivity index (χ1v) is 13.0. The highest BCUT2D eigenvalue weighted by Gasteiger charge is 2.23. The van der Waals surface area contributed by atoms with E-state index >= 15 is 0 Å². The molecule has 1 aliphatic heterocycles.